The lowest BCUT2D eigenvalue weighted by Crippen LogP contribution is -2.28. The van der Waals surface area contributed by atoms with Crippen LogP contribution in [0.25, 0.3) is 0 Å². The van der Waals surface area contributed by atoms with Crippen molar-refractivity contribution in [3.05, 3.63) is 63.1 Å². The van der Waals surface area contributed by atoms with E-state index in [1.54, 1.807) is 6.92 Å². The lowest BCUT2D eigenvalue weighted by Gasteiger charge is -2.21. The molecule has 3 rings (SSSR count). The number of anilines is 1. The SMILES string of the molecule is CC(=O)CN1CC(c2ccccc2C(C)C)c2cc(Br)cc(C)c21. The fourth-order valence-corrected chi connectivity index (χ4v) is 4.49. The Kier molecular flexibility index (Phi) is 4.82. The number of benzene rings is 2. The first-order chi connectivity index (χ1) is 11.4. The summed E-state index contributed by atoms with van der Waals surface area (Å²) in [6.45, 7) is 9.64. The molecule has 1 aliphatic heterocycles. The number of carbonyl (C=O) groups excluding carboxylic acids is 1. The van der Waals surface area contributed by atoms with Crippen LogP contribution in [0.15, 0.2) is 40.9 Å². The molecule has 0 N–H and O–H groups in total. The van der Waals surface area contributed by atoms with Crippen LogP contribution in [-0.2, 0) is 4.79 Å². The fraction of sp³-hybridized carbons (Fsp3) is 0.381. The lowest BCUT2D eigenvalue weighted by molar-refractivity contribution is -0.115. The van der Waals surface area contributed by atoms with Crippen LogP contribution in [0.3, 0.4) is 0 Å². The van der Waals surface area contributed by atoms with E-state index in [1.165, 1.54) is 27.9 Å². The van der Waals surface area contributed by atoms with E-state index in [0.717, 1.165) is 11.0 Å². The van der Waals surface area contributed by atoms with Crippen LogP contribution in [0.4, 0.5) is 5.69 Å². The van der Waals surface area contributed by atoms with Crippen molar-refractivity contribution in [1.29, 1.82) is 0 Å². The molecule has 2 aromatic carbocycles. The highest BCUT2D eigenvalue weighted by Crippen LogP contribution is 2.45. The van der Waals surface area contributed by atoms with Crippen LogP contribution in [0.2, 0.25) is 0 Å². The third kappa shape index (κ3) is 3.14. The second kappa shape index (κ2) is 6.72. The molecule has 1 heterocycles. The van der Waals surface area contributed by atoms with Gasteiger partial charge in [-0.15, -0.1) is 0 Å². The van der Waals surface area contributed by atoms with Crippen molar-refractivity contribution >= 4 is 27.4 Å². The van der Waals surface area contributed by atoms with Gasteiger partial charge in [-0.25, -0.2) is 0 Å². The number of Topliss-reactive ketones (excluding diaryl/α,β-unsaturated/α-hetero) is 1. The fourth-order valence-electron chi connectivity index (χ4n) is 3.90. The normalized spacial score (nSPS) is 16.6. The number of halogens is 1. The van der Waals surface area contributed by atoms with Crippen molar-refractivity contribution in [3.8, 4) is 0 Å². The van der Waals surface area contributed by atoms with Gasteiger partial charge < -0.3 is 4.90 Å². The Hall–Kier alpha value is -1.61. The molecule has 0 aromatic heterocycles. The van der Waals surface area contributed by atoms with E-state index in [2.05, 4.69) is 78.0 Å². The van der Waals surface area contributed by atoms with Gasteiger partial charge in [0, 0.05) is 22.6 Å². The van der Waals surface area contributed by atoms with Gasteiger partial charge in [0.2, 0.25) is 0 Å². The van der Waals surface area contributed by atoms with Crippen molar-refractivity contribution < 1.29 is 4.79 Å². The Balaban J connectivity index is 2.14. The van der Waals surface area contributed by atoms with E-state index >= 15 is 0 Å². The van der Waals surface area contributed by atoms with Crippen molar-refractivity contribution in [2.75, 3.05) is 18.0 Å². The molecule has 0 radical (unpaired) electrons. The molecule has 24 heavy (non-hydrogen) atoms. The van der Waals surface area contributed by atoms with Crippen molar-refractivity contribution in [3.63, 3.8) is 0 Å². The maximum Gasteiger partial charge on any atom is 0.149 e. The monoisotopic (exact) mass is 385 g/mol. The molecule has 0 saturated carbocycles. The molecule has 0 saturated heterocycles. The van der Waals surface area contributed by atoms with Gasteiger partial charge in [0.25, 0.3) is 0 Å². The van der Waals surface area contributed by atoms with Crippen LogP contribution in [-0.4, -0.2) is 18.9 Å². The highest BCUT2D eigenvalue weighted by atomic mass is 79.9. The summed E-state index contributed by atoms with van der Waals surface area (Å²) in [5, 5.41) is 0. The third-order valence-corrected chi connectivity index (χ3v) is 5.25. The maximum atomic E-state index is 11.8. The summed E-state index contributed by atoms with van der Waals surface area (Å²) in [6, 6.07) is 13.1. The molecule has 1 aliphatic rings. The Morgan fingerprint density at radius 1 is 1.25 bits per heavy atom. The zero-order valence-electron chi connectivity index (χ0n) is 14.8. The smallest absolute Gasteiger partial charge is 0.149 e. The van der Waals surface area contributed by atoms with Crippen molar-refractivity contribution in [2.24, 2.45) is 0 Å². The van der Waals surface area contributed by atoms with Gasteiger partial charge in [-0.1, -0.05) is 54.0 Å². The molecule has 2 aromatic rings. The summed E-state index contributed by atoms with van der Waals surface area (Å²) >= 11 is 3.65. The summed E-state index contributed by atoms with van der Waals surface area (Å²) in [5.74, 6) is 1.01. The second-order valence-corrected chi connectivity index (χ2v) is 7.99. The molecular formula is C21H24BrNO. The van der Waals surface area contributed by atoms with E-state index < -0.39 is 0 Å². The molecule has 1 unspecified atom stereocenters. The number of hydrogen-bond acceptors (Lipinski definition) is 2. The van der Waals surface area contributed by atoms with Crippen LogP contribution in [0, 0.1) is 6.92 Å². The Morgan fingerprint density at radius 2 is 1.96 bits per heavy atom. The largest absolute Gasteiger partial charge is 0.363 e. The minimum atomic E-state index is 0.209. The Labute approximate surface area is 153 Å². The highest BCUT2D eigenvalue weighted by molar-refractivity contribution is 9.10. The van der Waals surface area contributed by atoms with Crippen LogP contribution >= 0.6 is 15.9 Å². The first-order valence-corrected chi connectivity index (χ1v) is 9.31. The number of fused-ring (bicyclic) bond motifs is 1. The van der Waals surface area contributed by atoms with Gasteiger partial charge in [-0.05, 0) is 54.2 Å². The van der Waals surface area contributed by atoms with E-state index in [0.29, 0.717) is 18.4 Å². The predicted octanol–water partition coefficient (Wildman–Crippen LogP) is 5.42. The summed E-state index contributed by atoms with van der Waals surface area (Å²) < 4.78 is 1.11. The summed E-state index contributed by atoms with van der Waals surface area (Å²) in [5.41, 5.74) is 6.58. The topological polar surface area (TPSA) is 20.3 Å². The van der Waals surface area contributed by atoms with Crippen LogP contribution in [0.1, 0.15) is 54.9 Å². The molecule has 0 spiro atoms. The van der Waals surface area contributed by atoms with E-state index in [1.807, 2.05) is 0 Å². The number of ketones is 1. The molecule has 0 bridgehead atoms. The Morgan fingerprint density at radius 3 is 2.62 bits per heavy atom. The quantitative estimate of drug-likeness (QED) is 0.699. The molecular weight excluding hydrogens is 362 g/mol. The van der Waals surface area contributed by atoms with Gasteiger partial charge in [-0.3, -0.25) is 4.79 Å². The number of nitrogens with zero attached hydrogens (tertiary/aromatic N) is 1. The van der Waals surface area contributed by atoms with Gasteiger partial charge in [0.15, 0.2) is 0 Å². The highest BCUT2D eigenvalue weighted by Gasteiger charge is 2.33. The van der Waals surface area contributed by atoms with E-state index in [-0.39, 0.29) is 5.78 Å². The van der Waals surface area contributed by atoms with Crippen LogP contribution < -0.4 is 4.90 Å². The van der Waals surface area contributed by atoms with E-state index in [9.17, 15) is 4.79 Å². The second-order valence-electron chi connectivity index (χ2n) is 7.08. The average Bonchev–Trinajstić information content (AvgIpc) is 2.84. The van der Waals surface area contributed by atoms with Gasteiger partial charge in [-0.2, -0.15) is 0 Å². The van der Waals surface area contributed by atoms with Crippen molar-refractivity contribution in [2.45, 2.75) is 39.5 Å². The minimum Gasteiger partial charge on any atom is -0.363 e. The number of aryl methyl sites for hydroxylation is 1. The zero-order chi connectivity index (χ0) is 17.4. The van der Waals surface area contributed by atoms with Gasteiger partial charge >= 0.3 is 0 Å². The van der Waals surface area contributed by atoms with E-state index in [4.69, 9.17) is 0 Å². The van der Waals surface area contributed by atoms with Crippen molar-refractivity contribution in [1.82, 2.24) is 0 Å². The minimum absolute atomic E-state index is 0.209. The number of hydrogen-bond donors (Lipinski definition) is 0. The summed E-state index contributed by atoms with van der Waals surface area (Å²) in [4.78, 5) is 14.0. The molecule has 1 atom stereocenters. The molecule has 0 fully saturated rings. The first kappa shape index (κ1) is 17.2. The lowest BCUT2D eigenvalue weighted by atomic mass is 9.85. The average molecular weight is 386 g/mol. The first-order valence-electron chi connectivity index (χ1n) is 8.51. The summed E-state index contributed by atoms with van der Waals surface area (Å²) in [6.07, 6.45) is 0. The van der Waals surface area contributed by atoms with Gasteiger partial charge in [0.05, 0.1) is 6.54 Å². The standard InChI is InChI=1S/C21H24BrNO/c1-13(2)17-7-5-6-8-18(17)20-12-23(11-15(4)24)21-14(3)9-16(22)10-19(20)21/h5-10,13,20H,11-12H2,1-4H3. The Bertz CT molecular complexity index is 781. The molecule has 2 nitrogen and oxygen atoms in total. The molecule has 0 aliphatic carbocycles. The molecule has 126 valence electrons. The third-order valence-electron chi connectivity index (χ3n) is 4.80. The number of rotatable bonds is 4. The zero-order valence-corrected chi connectivity index (χ0v) is 16.4. The summed E-state index contributed by atoms with van der Waals surface area (Å²) in [7, 11) is 0. The molecule has 3 heteroatoms. The van der Waals surface area contributed by atoms with Crippen LogP contribution in [0.5, 0.6) is 0 Å². The number of carbonyl (C=O) groups is 1. The molecule has 0 amide bonds. The maximum absolute atomic E-state index is 11.8. The predicted molar refractivity (Wildman–Crippen MR) is 104 cm³/mol. The van der Waals surface area contributed by atoms with Gasteiger partial charge in [0.1, 0.15) is 5.78 Å².